The largest absolute Gasteiger partial charge is 0.493 e. The van der Waals surface area contributed by atoms with Gasteiger partial charge in [0.25, 0.3) is 0 Å². The van der Waals surface area contributed by atoms with Gasteiger partial charge in [0.1, 0.15) is 0 Å². The molecule has 0 fully saturated rings. The highest BCUT2D eigenvalue weighted by atomic mass is 16.7. The number of nitrogens with one attached hydrogen (secondary N) is 2. The predicted octanol–water partition coefficient (Wildman–Crippen LogP) is 1.63. The third-order valence-corrected chi connectivity index (χ3v) is 3.05. The van der Waals surface area contributed by atoms with Gasteiger partial charge in [-0.3, -0.25) is 4.79 Å². The van der Waals surface area contributed by atoms with Gasteiger partial charge in [-0.05, 0) is 19.4 Å². The van der Waals surface area contributed by atoms with E-state index in [9.17, 15) is 9.90 Å². The summed E-state index contributed by atoms with van der Waals surface area (Å²) in [7, 11) is 4.84. The fourth-order valence-electron chi connectivity index (χ4n) is 1.97. The minimum atomic E-state index is -0.623. The molecule has 124 valence electrons. The molecule has 1 aromatic carbocycles. The third kappa shape index (κ3) is 5.09. The molecule has 0 radical (unpaired) electrons. The molecule has 0 aliphatic carbocycles. The topological polar surface area (TPSA) is 89.1 Å². The van der Waals surface area contributed by atoms with E-state index >= 15 is 0 Å². The van der Waals surface area contributed by atoms with E-state index in [-0.39, 0.29) is 12.4 Å². The van der Waals surface area contributed by atoms with Crippen LogP contribution in [0.4, 0.5) is 5.69 Å². The Bertz CT molecular complexity index is 491. The van der Waals surface area contributed by atoms with Gasteiger partial charge in [-0.25, -0.2) is 0 Å². The molecule has 0 saturated heterocycles. The standard InChI is InChI=1S/C15H24N2O5/c1-10(18)11-8-13(20-4)14(9-12(11)16-2)21-7-5-6-15(19)22-17-3/h8-10,16-18H,5-7H2,1-4H3. The van der Waals surface area contributed by atoms with Crippen molar-refractivity contribution in [1.29, 1.82) is 0 Å². The van der Waals surface area contributed by atoms with Gasteiger partial charge in [0, 0.05) is 31.4 Å². The third-order valence-electron chi connectivity index (χ3n) is 3.05. The number of carbonyl (C=O) groups is 1. The van der Waals surface area contributed by atoms with E-state index in [1.165, 1.54) is 14.2 Å². The zero-order valence-electron chi connectivity index (χ0n) is 13.4. The first-order valence-electron chi connectivity index (χ1n) is 7.10. The van der Waals surface area contributed by atoms with E-state index in [0.717, 1.165) is 11.3 Å². The molecule has 22 heavy (non-hydrogen) atoms. The molecule has 0 aliphatic heterocycles. The van der Waals surface area contributed by atoms with Crippen LogP contribution in [0.1, 0.15) is 31.4 Å². The first kappa shape index (κ1) is 18.1. The van der Waals surface area contributed by atoms with Gasteiger partial charge in [-0.1, -0.05) is 0 Å². The molecule has 1 rings (SSSR count). The molecule has 0 aromatic heterocycles. The lowest BCUT2D eigenvalue weighted by atomic mass is 10.1. The van der Waals surface area contributed by atoms with Crippen LogP contribution in [0.15, 0.2) is 12.1 Å². The molecule has 3 N–H and O–H groups in total. The van der Waals surface area contributed by atoms with Crippen molar-refractivity contribution in [2.75, 3.05) is 33.1 Å². The zero-order valence-corrected chi connectivity index (χ0v) is 13.4. The summed E-state index contributed by atoms with van der Waals surface area (Å²) in [6.45, 7) is 2.04. The number of aliphatic hydroxyl groups excluding tert-OH is 1. The highest BCUT2D eigenvalue weighted by Gasteiger charge is 2.14. The minimum absolute atomic E-state index is 0.258. The van der Waals surface area contributed by atoms with Crippen LogP contribution in [0.2, 0.25) is 0 Å². The Morgan fingerprint density at radius 1 is 1.32 bits per heavy atom. The van der Waals surface area contributed by atoms with Crippen LogP contribution in [0.3, 0.4) is 0 Å². The average molecular weight is 312 g/mol. The fraction of sp³-hybridized carbons (Fsp3) is 0.533. The van der Waals surface area contributed by atoms with E-state index in [2.05, 4.69) is 15.6 Å². The number of methoxy groups -OCH3 is 1. The number of hydrogen-bond donors (Lipinski definition) is 3. The Balaban J connectivity index is 2.71. The van der Waals surface area contributed by atoms with Gasteiger partial charge >= 0.3 is 5.97 Å². The minimum Gasteiger partial charge on any atom is -0.493 e. The van der Waals surface area contributed by atoms with Crippen molar-refractivity contribution in [3.05, 3.63) is 17.7 Å². The summed E-state index contributed by atoms with van der Waals surface area (Å²) in [5.41, 5.74) is 3.82. The van der Waals surface area contributed by atoms with Crippen LogP contribution in [-0.4, -0.2) is 38.9 Å². The first-order valence-corrected chi connectivity index (χ1v) is 7.10. The lowest BCUT2D eigenvalue weighted by Crippen LogP contribution is -2.15. The van der Waals surface area contributed by atoms with E-state index < -0.39 is 6.10 Å². The van der Waals surface area contributed by atoms with Crippen LogP contribution in [0.25, 0.3) is 0 Å². The lowest BCUT2D eigenvalue weighted by Gasteiger charge is -2.17. The predicted molar refractivity (Wildman–Crippen MR) is 83.1 cm³/mol. The van der Waals surface area contributed by atoms with Crippen molar-refractivity contribution >= 4 is 11.7 Å². The molecule has 0 saturated carbocycles. The van der Waals surface area contributed by atoms with Crippen molar-refractivity contribution in [2.45, 2.75) is 25.9 Å². The summed E-state index contributed by atoms with van der Waals surface area (Å²) in [6.07, 6.45) is 0.159. The number of aliphatic hydroxyl groups is 1. The molecule has 1 aromatic rings. The molecule has 1 unspecified atom stereocenters. The van der Waals surface area contributed by atoms with Gasteiger partial charge in [-0.2, -0.15) is 5.48 Å². The van der Waals surface area contributed by atoms with E-state index in [4.69, 9.17) is 9.47 Å². The van der Waals surface area contributed by atoms with Crippen LogP contribution >= 0.6 is 0 Å². The summed E-state index contributed by atoms with van der Waals surface area (Å²) in [5.74, 6) is 0.754. The zero-order chi connectivity index (χ0) is 16.5. The molecule has 0 aliphatic rings. The number of hydrogen-bond acceptors (Lipinski definition) is 7. The second kappa shape index (κ2) is 9.11. The Morgan fingerprint density at radius 3 is 2.59 bits per heavy atom. The van der Waals surface area contributed by atoms with E-state index in [0.29, 0.717) is 24.5 Å². The number of rotatable bonds is 9. The Hall–Kier alpha value is -1.99. The maximum atomic E-state index is 11.2. The van der Waals surface area contributed by atoms with Gasteiger partial charge in [-0.15, -0.1) is 0 Å². The summed E-state index contributed by atoms with van der Waals surface area (Å²) in [5, 5.41) is 12.8. The van der Waals surface area contributed by atoms with Gasteiger partial charge in [0.15, 0.2) is 11.5 Å². The van der Waals surface area contributed by atoms with Crippen molar-refractivity contribution < 1.29 is 24.2 Å². The second-order valence-electron chi connectivity index (χ2n) is 4.65. The molecule has 7 nitrogen and oxygen atoms in total. The molecule has 1 atom stereocenters. The lowest BCUT2D eigenvalue weighted by molar-refractivity contribution is -0.150. The average Bonchev–Trinajstić information content (AvgIpc) is 2.50. The van der Waals surface area contributed by atoms with Crippen LogP contribution in [0.5, 0.6) is 11.5 Å². The Labute approximate surface area is 130 Å². The van der Waals surface area contributed by atoms with Gasteiger partial charge in [0.2, 0.25) is 0 Å². The summed E-state index contributed by atoms with van der Waals surface area (Å²) < 4.78 is 10.9. The molecular formula is C15H24N2O5. The molecule has 7 heteroatoms. The summed E-state index contributed by atoms with van der Waals surface area (Å²) >= 11 is 0. The second-order valence-corrected chi connectivity index (χ2v) is 4.65. The molecule has 0 spiro atoms. The molecule has 0 bridgehead atoms. The maximum absolute atomic E-state index is 11.2. The SMILES string of the molecule is CNOC(=O)CCCOc1cc(NC)c(C(C)O)cc1OC. The van der Waals surface area contributed by atoms with Crippen LogP contribution in [-0.2, 0) is 9.63 Å². The van der Waals surface area contributed by atoms with E-state index in [1.807, 2.05) is 0 Å². The maximum Gasteiger partial charge on any atom is 0.324 e. The monoisotopic (exact) mass is 312 g/mol. The quantitative estimate of drug-likeness (QED) is 0.471. The summed E-state index contributed by atoms with van der Waals surface area (Å²) in [4.78, 5) is 15.8. The molecule has 0 amide bonds. The molecular weight excluding hydrogens is 288 g/mol. The van der Waals surface area contributed by atoms with Gasteiger partial charge in [0.05, 0.1) is 26.2 Å². The normalized spacial score (nSPS) is 11.7. The van der Waals surface area contributed by atoms with Crippen molar-refractivity contribution in [3.63, 3.8) is 0 Å². The smallest absolute Gasteiger partial charge is 0.324 e. The van der Waals surface area contributed by atoms with E-state index in [1.54, 1.807) is 26.1 Å². The van der Waals surface area contributed by atoms with Crippen molar-refractivity contribution in [2.24, 2.45) is 0 Å². The highest BCUT2D eigenvalue weighted by molar-refractivity contribution is 5.68. The highest BCUT2D eigenvalue weighted by Crippen LogP contribution is 2.36. The molecule has 0 heterocycles. The van der Waals surface area contributed by atoms with Crippen molar-refractivity contribution in [1.82, 2.24) is 5.48 Å². The van der Waals surface area contributed by atoms with Crippen LogP contribution in [0, 0.1) is 0 Å². The number of benzene rings is 1. The summed E-state index contributed by atoms with van der Waals surface area (Å²) in [6, 6.07) is 3.51. The van der Waals surface area contributed by atoms with Crippen molar-refractivity contribution in [3.8, 4) is 11.5 Å². The van der Waals surface area contributed by atoms with Gasteiger partial charge < -0.3 is 24.7 Å². The Kier molecular flexibility index (Phi) is 7.48. The number of ether oxygens (including phenoxy) is 2. The first-order chi connectivity index (χ1) is 10.5. The van der Waals surface area contributed by atoms with Crippen LogP contribution < -0.4 is 20.3 Å². The number of hydroxylamine groups is 1. The number of anilines is 1. The Morgan fingerprint density at radius 2 is 2.05 bits per heavy atom. The fourth-order valence-corrected chi connectivity index (χ4v) is 1.97. The number of carbonyl (C=O) groups excluding carboxylic acids is 1.